The largest absolute Gasteiger partial charge is 0.323 e. The van der Waals surface area contributed by atoms with Gasteiger partial charge >= 0.3 is 0 Å². The van der Waals surface area contributed by atoms with E-state index in [1.54, 1.807) is 30.3 Å². The van der Waals surface area contributed by atoms with Gasteiger partial charge < -0.3 is 5.32 Å². The molecule has 1 unspecified atom stereocenters. The fourth-order valence-electron chi connectivity index (χ4n) is 1.74. The molecule has 0 aliphatic heterocycles. The molecule has 0 spiro atoms. The summed E-state index contributed by atoms with van der Waals surface area (Å²) >= 11 is 5.92. The number of rotatable bonds is 7. The van der Waals surface area contributed by atoms with Crippen LogP contribution < -0.4 is 5.32 Å². The number of para-hydroxylation sites is 1. The van der Waals surface area contributed by atoms with Gasteiger partial charge in [0.2, 0.25) is 5.91 Å². The number of carbonyl (C=O) groups excluding carboxylic acids is 2. The number of Topliss-reactive ketones (excluding diaryl/α,β-unsaturated/α-hetero) is 1. The molecule has 0 saturated carbocycles. The van der Waals surface area contributed by atoms with Crippen molar-refractivity contribution in [1.82, 2.24) is 0 Å². The number of amides is 1. The average molecular weight is 293 g/mol. The Balaban J connectivity index is 2.66. The fraction of sp³-hybridized carbons (Fsp3) is 0.400. The van der Waals surface area contributed by atoms with Gasteiger partial charge in [-0.05, 0) is 18.6 Å². The highest BCUT2D eigenvalue weighted by Gasteiger charge is 2.26. The van der Waals surface area contributed by atoms with Gasteiger partial charge in [-0.15, -0.1) is 0 Å². The van der Waals surface area contributed by atoms with Gasteiger partial charge in [0.25, 0.3) is 0 Å². The summed E-state index contributed by atoms with van der Waals surface area (Å²) in [6.07, 6.45) is 2.85. The van der Waals surface area contributed by atoms with Gasteiger partial charge in [-0.1, -0.05) is 43.5 Å². The minimum Gasteiger partial charge on any atom is -0.323 e. The van der Waals surface area contributed by atoms with E-state index < -0.39 is 11.8 Å². The number of nitriles is 1. The third-order valence-corrected chi connectivity index (χ3v) is 3.20. The molecule has 0 bridgehead atoms. The van der Waals surface area contributed by atoms with Crippen LogP contribution in [-0.4, -0.2) is 11.7 Å². The summed E-state index contributed by atoms with van der Waals surface area (Å²) < 4.78 is 0. The molecule has 5 heteroatoms. The quantitative estimate of drug-likeness (QED) is 0.617. The van der Waals surface area contributed by atoms with E-state index in [4.69, 9.17) is 16.9 Å². The minimum absolute atomic E-state index is 0.252. The zero-order valence-electron chi connectivity index (χ0n) is 11.4. The lowest BCUT2D eigenvalue weighted by atomic mass is 9.99. The lowest BCUT2D eigenvalue weighted by molar-refractivity contribution is -0.128. The second-order valence-corrected chi connectivity index (χ2v) is 4.86. The highest BCUT2D eigenvalue weighted by atomic mass is 35.5. The molecular weight excluding hydrogens is 276 g/mol. The van der Waals surface area contributed by atoms with Gasteiger partial charge in [0.15, 0.2) is 11.7 Å². The second kappa shape index (κ2) is 8.34. The van der Waals surface area contributed by atoms with Crippen LogP contribution in [0.3, 0.4) is 0 Å². The standard InChI is InChI=1S/C15H17ClN2O2/c1-2-3-4-9-14(19)11(10-17)15(20)18-13-8-6-5-7-12(13)16/h5-8,11H,2-4,9H2,1H3,(H,18,20). The Labute approximate surface area is 123 Å². The summed E-state index contributed by atoms with van der Waals surface area (Å²) in [5.74, 6) is -2.24. The van der Waals surface area contributed by atoms with Crippen LogP contribution in [0, 0.1) is 17.2 Å². The molecule has 0 radical (unpaired) electrons. The molecule has 4 nitrogen and oxygen atoms in total. The van der Waals surface area contributed by atoms with Crippen LogP contribution in [0.25, 0.3) is 0 Å². The maximum Gasteiger partial charge on any atom is 0.249 e. The third kappa shape index (κ3) is 4.67. The van der Waals surface area contributed by atoms with Crippen molar-refractivity contribution < 1.29 is 9.59 Å². The Morgan fingerprint density at radius 2 is 2.05 bits per heavy atom. The molecule has 1 aromatic rings. The first kappa shape index (κ1) is 16.2. The normalized spacial score (nSPS) is 11.4. The third-order valence-electron chi connectivity index (χ3n) is 2.87. The molecule has 1 atom stereocenters. The van der Waals surface area contributed by atoms with Crippen molar-refractivity contribution in [3.63, 3.8) is 0 Å². The lowest BCUT2D eigenvalue weighted by Crippen LogP contribution is -2.28. The molecule has 1 aromatic carbocycles. The summed E-state index contributed by atoms with van der Waals surface area (Å²) in [5, 5.41) is 11.9. The van der Waals surface area contributed by atoms with Crippen LogP contribution in [0.15, 0.2) is 24.3 Å². The summed E-state index contributed by atoms with van der Waals surface area (Å²) in [4.78, 5) is 23.8. The predicted molar refractivity (Wildman–Crippen MR) is 78.3 cm³/mol. The molecule has 0 saturated heterocycles. The number of carbonyl (C=O) groups is 2. The number of nitrogens with zero attached hydrogens (tertiary/aromatic N) is 1. The molecule has 1 rings (SSSR count). The molecule has 0 aliphatic carbocycles. The van der Waals surface area contributed by atoms with Crippen molar-refractivity contribution in [3.05, 3.63) is 29.3 Å². The highest BCUT2D eigenvalue weighted by molar-refractivity contribution is 6.33. The van der Waals surface area contributed by atoms with Crippen molar-refractivity contribution in [2.24, 2.45) is 5.92 Å². The van der Waals surface area contributed by atoms with E-state index in [2.05, 4.69) is 5.32 Å². The highest BCUT2D eigenvalue weighted by Crippen LogP contribution is 2.21. The van der Waals surface area contributed by atoms with E-state index in [9.17, 15) is 9.59 Å². The summed E-state index contributed by atoms with van der Waals surface area (Å²) in [6.45, 7) is 2.02. The second-order valence-electron chi connectivity index (χ2n) is 4.45. The minimum atomic E-state index is -1.27. The number of anilines is 1. The van der Waals surface area contributed by atoms with Crippen LogP contribution >= 0.6 is 11.6 Å². The summed E-state index contributed by atoms with van der Waals surface area (Å²) in [6, 6.07) is 8.46. The molecule has 0 fully saturated rings. The van der Waals surface area contributed by atoms with Crippen LogP contribution in [0.1, 0.15) is 32.6 Å². The molecule has 1 amide bonds. The Morgan fingerprint density at radius 3 is 2.65 bits per heavy atom. The van der Waals surface area contributed by atoms with E-state index in [1.807, 2.05) is 6.92 Å². The van der Waals surface area contributed by atoms with Gasteiger partial charge in [-0.3, -0.25) is 9.59 Å². The van der Waals surface area contributed by atoms with Crippen molar-refractivity contribution in [2.45, 2.75) is 32.6 Å². The molecular formula is C15H17ClN2O2. The molecule has 0 aromatic heterocycles. The zero-order valence-corrected chi connectivity index (χ0v) is 12.1. The van der Waals surface area contributed by atoms with Crippen molar-refractivity contribution in [2.75, 3.05) is 5.32 Å². The number of unbranched alkanes of at least 4 members (excludes halogenated alkanes) is 2. The van der Waals surface area contributed by atoms with Gasteiger partial charge in [0, 0.05) is 6.42 Å². The van der Waals surface area contributed by atoms with Crippen molar-refractivity contribution in [1.29, 1.82) is 5.26 Å². The maximum absolute atomic E-state index is 12.0. The van der Waals surface area contributed by atoms with E-state index >= 15 is 0 Å². The Hall–Kier alpha value is -1.86. The Morgan fingerprint density at radius 1 is 1.35 bits per heavy atom. The maximum atomic E-state index is 12.0. The molecule has 0 aliphatic rings. The zero-order chi connectivity index (χ0) is 15.0. The van der Waals surface area contributed by atoms with E-state index in [0.717, 1.165) is 12.8 Å². The smallest absolute Gasteiger partial charge is 0.249 e. The SMILES string of the molecule is CCCCCC(=O)C(C#N)C(=O)Nc1ccccc1Cl. The molecule has 1 N–H and O–H groups in total. The summed E-state index contributed by atoms with van der Waals surface area (Å²) in [7, 11) is 0. The van der Waals surface area contributed by atoms with Gasteiger partial charge in [-0.25, -0.2) is 0 Å². The topological polar surface area (TPSA) is 70.0 Å². The predicted octanol–water partition coefficient (Wildman–Crippen LogP) is 3.57. The van der Waals surface area contributed by atoms with E-state index in [1.165, 1.54) is 0 Å². The first-order valence-electron chi connectivity index (χ1n) is 6.57. The average Bonchev–Trinajstić information content (AvgIpc) is 2.42. The Kier molecular flexibility index (Phi) is 6.75. The fourth-order valence-corrected chi connectivity index (χ4v) is 1.92. The number of hydrogen-bond acceptors (Lipinski definition) is 3. The van der Waals surface area contributed by atoms with Crippen molar-refractivity contribution in [3.8, 4) is 6.07 Å². The van der Waals surface area contributed by atoms with Crippen LogP contribution in [0.4, 0.5) is 5.69 Å². The van der Waals surface area contributed by atoms with E-state index in [-0.39, 0.29) is 12.2 Å². The number of nitrogens with one attached hydrogen (secondary N) is 1. The lowest BCUT2D eigenvalue weighted by Gasteiger charge is -2.10. The van der Waals surface area contributed by atoms with Gasteiger partial charge in [-0.2, -0.15) is 5.26 Å². The van der Waals surface area contributed by atoms with Gasteiger partial charge in [0.1, 0.15) is 0 Å². The first-order valence-corrected chi connectivity index (χ1v) is 6.95. The number of halogens is 1. The molecule has 106 valence electrons. The summed E-state index contributed by atoms with van der Waals surface area (Å²) in [5.41, 5.74) is 0.403. The molecule has 20 heavy (non-hydrogen) atoms. The van der Waals surface area contributed by atoms with Crippen LogP contribution in [0.2, 0.25) is 5.02 Å². The van der Waals surface area contributed by atoms with Crippen LogP contribution in [0.5, 0.6) is 0 Å². The van der Waals surface area contributed by atoms with Gasteiger partial charge in [0.05, 0.1) is 16.8 Å². The van der Waals surface area contributed by atoms with E-state index in [0.29, 0.717) is 17.1 Å². The first-order chi connectivity index (χ1) is 9.60. The van der Waals surface area contributed by atoms with Crippen molar-refractivity contribution >= 4 is 29.0 Å². The Bertz CT molecular complexity index is 523. The number of benzene rings is 1. The number of ketones is 1. The van der Waals surface area contributed by atoms with Crippen LogP contribution in [-0.2, 0) is 9.59 Å². The number of hydrogen-bond donors (Lipinski definition) is 1. The molecule has 0 heterocycles. The monoisotopic (exact) mass is 292 g/mol.